The van der Waals surface area contributed by atoms with Gasteiger partial charge < -0.3 is 10.2 Å². The summed E-state index contributed by atoms with van der Waals surface area (Å²) in [6.45, 7) is 5.53. The monoisotopic (exact) mass is 489 g/mol. The second kappa shape index (κ2) is 10.1. The normalized spacial score (nSPS) is 22.6. The summed E-state index contributed by atoms with van der Waals surface area (Å²) < 4.78 is 41.9. The average Bonchev–Trinajstić information content (AvgIpc) is 2.84. The Morgan fingerprint density at radius 1 is 1.14 bits per heavy atom. The maximum atomic E-state index is 14.0. The number of halogens is 3. The molecule has 9 heteroatoms. The summed E-state index contributed by atoms with van der Waals surface area (Å²) in [6, 6.07) is 6.70. The number of anilines is 1. The number of carbonyl (C=O) groups is 1. The van der Waals surface area contributed by atoms with Crippen LogP contribution in [0.2, 0.25) is 0 Å². The molecule has 3 heterocycles. The Kier molecular flexibility index (Phi) is 7.35. The zero-order valence-corrected chi connectivity index (χ0v) is 20.6. The first-order chi connectivity index (χ1) is 16.6. The lowest BCUT2D eigenvalue weighted by Crippen LogP contribution is -2.61. The van der Waals surface area contributed by atoms with E-state index in [0.29, 0.717) is 17.7 Å². The summed E-state index contributed by atoms with van der Waals surface area (Å²) in [6.07, 6.45) is 2.09. The lowest BCUT2D eigenvalue weighted by Gasteiger charge is -2.43. The third-order valence-corrected chi connectivity index (χ3v) is 7.34. The van der Waals surface area contributed by atoms with E-state index in [2.05, 4.69) is 20.2 Å². The minimum atomic E-state index is -4.35. The Labute approximate surface area is 204 Å². The van der Waals surface area contributed by atoms with Crippen molar-refractivity contribution in [3.63, 3.8) is 0 Å². The number of benzene rings is 1. The molecule has 1 amide bonds. The molecular formula is C26H34F3N5O. The van der Waals surface area contributed by atoms with E-state index in [9.17, 15) is 18.0 Å². The predicted molar refractivity (Wildman–Crippen MR) is 133 cm³/mol. The number of amides is 1. The van der Waals surface area contributed by atoms with Crippen LogP contribution in [0.4, 0.5) is 18.9 Å². The highest BCUT2D eigenvalue weighted by atomic mass is 19.4. The van der Waals surface area contributed by atoms with Crippen LogP contribution in [-0.4, -0.2) is 73.0 Å². The first-order valence-electron chi connectivity index (χ1n) is 12.3. The zero-order valence-electron chi connectivity index (χ0n) is 20.6. The number of hydrogen-bond acceptors (Lipinski definition) is 5. The minimum Gasteiger partial charge on any atom is -0.368 e. The standard InChI is InChI=1S/C26H34F3N5O/c1-25(2,34-12-5-4-6-13-34)24(35)32-20-14-19(26(27,28)29)16-33(17-20)22-10-9-18(15-30-3)23-21(22)8-7-11-31-23/h7-11,15,19-20H,4-6,12-14,16-17H2,1-3H3,(H,32,35)/b30-15-/t19-,20+/m0/s1. The molecule has 2 aromatic rings. The maximum absolute atomic E-state index is 14.0. The van der Waals surface area contributed by atoms with Crippen molar-refractivity contribution in [2.45, 2.75) is 57.3 Å². The van der Waals surface area contributed by atoms with Crippen molar-refractivity contribution < 1.29 is 18.0 Å². The number of nitrogens with zero attached hydrogens (tertiary/aromatic N) is 4. The Morgan fingerprint density at radius 2 is 1.89 bits per heavy atom. The maximum Gasteiger partial charge on any atom is 0.393 e. The van der Waals surface area contributed by atoms with E-state index in [0.717, 1.165) is 43.3 Å². The van der Waals surface area contributed by atoms with Gasteiger partial charge in [-0.1, -0.05) is 6.42 Å². The summed E-state index contributed by atoms with van der Waals surface area (Å²) in [5.41, 5.74) is 1.42. The minimum absolute atomic E-state index is 0.126. The number of aliphatic imine (C=N–C) groups is 1. The van der Waals surface area contributed by atoms with Crippen LogP contribution in [0.3, 0.4) is 0 Å². The molecular weight excluding hydrogens is 455 g/mol. The molecule has 4 rings (SSSR count). The highest BCUT2D eigenvalue weighted by molar-refractivity contribution is 6.03. The number of carbonyl (C=O) groups excluding carboxylic acids is 1. The second-order valence-electron chi connectivity index (χ2n) is 10.1. The predicted octanol–water partition coefficient (Wildman–Crippen LogP) is 4.42. The topological polar surface area (TPSA) is 60.8 Å². The molecule has 1 aromatic heterocycles. The van der Waals surface area contributed by atoms with Gasteiger partial charge in [0.05, 0.1) is 17.0 Å². The molecule has 0 aliphatic carbocycles. The molecule has 35 heavy (non-hydrogen) atoms. The van der Waals surface area contributed by atoms with Crippen LogP contribution in [0.25, 0.3) is 10.9 Å². The molecule has 0 bridgehead atoms. The Hall–Kier alpha value is -2.68. The van der Waals surface area contributed by atoms with Crippen LogP contribution in [0.15, 0.2) is 35.5 Å². The molecule has 2 fully saturated rings. The highest BCUT2D eigenvalue weighted by Crippen LogP contribution is 2.37. The Bertz CT molecular complexity index is 1080. The van der Waals surface area contributed by atoms with Crippen LogP contribution >= 0.6 is 0 Å². The van der Waals surface area contributed by atoms with Crippen molar-refractivity contribution in [2.24, 2.45) is 10.9 Å². The first-order valence-corrected chi connectivity index (χ1v) is 12.3. The van der Waals surface area contributed by atoms with Gasteiger partial charge in [0.25, 0.3) is 0 Å². The number of rotatable bonds is 5. The van der Waals surface area contributed by atoms with Gasteiger partial charge in [-0.3, -0.25) is 19.7 Å². The van der Waals surface area contributed by atoms with E-state index >= 15 is 0 Å². The molecule has 0 radical (unpaired) electrons. The van der Waals surface area contributed by atoms with Gasteiger partial charge in [-0.25, -0.2) is 0 Å². The van der Waals surface area contributed by atoms with Crippen molar-refractivity contribution in [3.05, 3.63) is 36.0 Å². The molecule has 190 valence electrons. The number of likely N-dealkylation sites (tertiary alicyclic amines) is 1. The van der Waals surface area contributed by atoms with Gasteiger partial charge in [-0.05, 0) is 70.5 Å². The lowest BCUT2D eigenvalue weighted by molar-refractivity contribution is -0.178. The van der Waals surface area contributed by atoms with Gasteiger partial charge in [0.1, 0.15) is 0 Å². The zero-order chi connectivity index (χ0) is 25.2. The number of aromatic nitrogens is 1. The number of fused-ring (bicyclic) bond motifs is 1. The van der Waals surface area contributed by atoms with Gasteiger partial charge in [-0.2, -0.15) is 13.2 Å². The number of pyridine rings is 1. The summed E-state index contributed by atoms with van der Waals surface area (Å²) in [4.78, 5) is 25.7. The van der Waals surface area contributed by atoms with Crippen molar-refractivity contribution in [1.82, 2.24) is 15.2 Å². The summed E-state index contributed by atoms with van der Waals surface area (Å²) in [7, 11) is 1.67. The third-order valence-electron chi connectivity index (χ3n) is 7.34. The molecule has 1 aromatic carbocycles. The van der Waals surface area contributed by atoms with Gasteiger partial charge >= 0.3 is 6.18 Å². The Balaban J connectivity index is 1.62. The number of nitrogens with one attached hydrogen (secondary N) is 1. The van der Waals surface area contributed by atoms with Gasteiger partial charge in [-0.15, -0.1) is 0 Å². The smallest absolute Gasteiger partial charge is 0.368 e. The first kappa shape index (κ1) is 25.4. The summed E-state index contributed by atoms with van der Waals surface area (Å²) in [5, 5.41) is 3.75. The largest absolute Gasteiger partial charge is 0.393 e. The number of alkyl halides is 3. The van der Waals surface area contributed by atoms with E-state index in [4.69, 9.17) is 0 Å². The van der Waals surface area contributed by atoms with Crippen LogP contribution in [0.5, 0.6) is 0 Å². The molecule has 6 nitrogen and oxygen atoms in total. The molecule has 1 N–H and O–H groups in total. The molecule has 2 aliphatic rings. The molecule has 2 aliphatic heterocycles. The van der Waals surface area contributed by atoms with Crippen molar-refractivity contribution in [2.75, 3.05) is 38.1 Å². The van der Waals surface area contributed by atoms with Crippen molar-refractivity contribution in [1.29, 1.82) is 0 Å². The quantitative estimate of drug-likeness (QED) is 0.632. The van der Waals surface area contributed by atoms with E-state index in [1.165, 1.54) is 0 Å². The van der Waals surface area contributed by atoms with E-state index in [1.807, 2.05) is 32.0 Å². The molecule has 0 unspecified atom stereocenters. The highest BCUT2D eigenvalue weighted by Gasteiger charge is 2.46. The molecule has 0 saturated carbocycles. The van der Waals surface area contributed by atoms with Gasteiger partial charge in [0.15, 0.2) is 0 Å². The second-order valence-corrected chi connectivity index (χ2v) is 10.1. The van der Waals surface area contributed by atoms with Crippen molar-refractivity contribution >= 4 is 28.7 Å². The molecule has 2 saturated heterocycles. The van der Waals surface area contributed by atoms with Crippen LogP contribution in [-0.2, 0) is 4.79 Å². The fourth-order valence-corrected chi connectivity index (χ4v) is 5.29. The van der Waals surface area contributed by atoms with Crippen LogP contribution in [0, 0.1) is 5.92 Å². The van der Waals surface area contributed by atoms with Gasteiger partial charge in [0.2, 0.25) is 5.91 Å². The fraction of sp³-hybridized carbons (Fsp3) is 0.577. The van der Waals surface area contributed by atoms with Crippen molar-refractivity contribution in [3.8, 4) is 0 Å². The van der Waals surface area contributed by atoms with E-state index < -0.39 is 23.7 Å². The molecule has 2 atom stereocenters. The third kappa shape index (κ3) is 5.44. The van der Waals surface area contributed by atoms with Gasteiger partial charge in [0, 0.05) is 55.2 Å². The summed E-state index contributed by atoms with van der Waals surface area (Å²) in [5.74, 6) is -1.75. The van der Waals surface area contributed by atoms with E-state index in [1.54, 1.807) is 30.4 Å². The summed E-state index contributed by atoms with van der Waals surface area (Å²) >= 11 is 0. The number of piperidine rings is 2. The van der Waals surface area contributed by atoms with Crippen LogP contribution in [0.1, 0.15) is 45.1 Å². The van der Waals surface area contributed by atoms with E-state index in [-0.39, 0.29) is 18.9 Å². The fourth-order valence-electron chi connectivity index (χ4n) is 5.29. The average molecular weight is 490 g/mol. The SMILES string of the molecule is C/N=C\c1ccc(N2C[C@H](NC(=O)C(C)(C)N3CCCCC3)C[C@H](C(F)(F)F)C2)c2cccnc12. The molecule has 0 spiro atoms. The van der Waals surface area contributed by atoms with Crippen LogP contribution < -0.4 is 10.2 Å². The number of hydrogen-bond donors (Lipinski definition) is 1. The Morgan fingerprint density at radius 3 is 2.57 bits per heavy atom. The lowest BCUT2D eigenvalue weighted by atomic mass is 9.91.